The molecule has 0 spiro atoms. The van der Waals surface area contributed by atoms with Gasteiger partial charge in [-0.15, -0.1) is 0 Å². The van der Waals surface area contributed by atoms with E-state index in [0.717, 1.165) is 16.7 Å². The highest BCUT2D eigenvalue weighted by Crippen LogP contribution is 2.20. The first-order chi connectivity index (χ1) is 9.66. The summed E-state index contributed by atoms with van der Waals surface area (Å²) in [5.41, 5.74) is 2.47. The van der Waals surface area contributed by atoms with Gasteiger partial charge in [0.05, 0.1) is 11.3 Å². The Morgan fingerprint density at radius 2 is 2.20 bits per heavy atom. The zero-order valence-electron chi connectivity index (χ0n) is 10.8. The first kappa shape index (κ1) is 12.3. The van der Waals surface area contributed by atoms with Crippen molar-refractivity contribution in [3.8, 4) is 0 Å². The second kappa shape index (κ2) is 4.73. The topological polar surface area (TPSA) is 80.9 Å². The van der Waals surface area contributed by atoms with Crippen LogP contribution in [-0.2, 0) is 13.5 Å². The van der Waals surface area contributed by atoms with Crippen molar-refractivity contribution in [2.24, 2.45) is 7.05 Å². The van der Waals surface area contributed by atoms with Crippen molar-refractivity contribution in [1.29, 1.82) is 0 Å². The SMILES string of the molecule is Cn1nc(Cc2cnccc2C(=O)O)c2cccnc21. The first-order valence-electron chi connectivity index (χ1n) is 6.09. The predicted octanol–water partition coefficient (Wildman–Crippen LogP) is 1.65. The number of rotatable bonds is 3. The molecule has 0 amide bonds. The van der Waals surface area contributed by atoms with Gasteiger partial charge < -0.3 is 5.11 Å². The summed E-state index contributed by atoms with van der Waals surface area (Å²) >= 11 is 0. The fourth-order valence-electron chi connectivity index (χ4n) is 2.25. The van der Waals surface area contributed by atoms with Crippen molar-refractivity contribution in [3.05, 3.63) is 53.6 Å². The molecule has 0 aliphatic heterocycles. The lowest BCUT2D eigenvalue weighted by molar-refractivity contribution is 0.0695. The van der Waals surface area contributed by atoms with E-state index in [1.54, 1.807) is 17.1 Å². The molecule has 1 N–H and O–H groups in total. The molecule has 0 saturated heterocycles. The molecule has 0 bridgehead atoms. The van der Waals surface area contributed by atoms with E-state index in [-0.39, 0.29) is 5.56 Å². The molecular weight excluding hydrogens is 256 g/mol. The van der Waals surface area contributed by atoms with E-state index in [0.29, 0.717) is 12.0 Å². The number of carbonyl (C=O) groups is 1. The lowest BCUT2D eigenvalue weighted by Crippen LogP contribution is -2.04. The summed E-state index contributed by atoms with van der Waals surface area (Å²) in [7, 11) is 1.82. The molecule has 0 aliphatic rings. The van der Waals surface area contributed by atoms with Crippen LogP contribution in [0.2, 0.25) is 0 Å². The van der Waals surface area contributed by atoms with E-state index in [2.05, 4.69) is 15.1 Å². The number of aromatic carboxylic acids is 1. The van der Waals surface area contributed by atoms with E-state index in [1.807, 2.05) is 19.2 Å². The summed E-state index contributed by atoms with van der Waals surface area (Å²) in [6.07, 6.45) is 5.17. The molecule has 20 heavy (non-hydrogen) atoms. The van der Waals surface area contributed by atoms with Crippen LogP contribution >= 0.6 is 0 Å². The minimum absolute atomic E-state index is 0.252. The Kier molecular flexibility index (Phi) is 2.90. The van der Waals surface area contributed by atoms with Crippen LogP contribution in [0.25, 0.3) is 11.0 Å². The highest BCUT2D eigenvalue weighted by molar-refractivity contribution is 5.89. The number of nitrogens with zero attached hydrogens (tertiary/aromatic N) is 4. The van der Waals surface area contributed by atoms with Gasteiger partial charge in [0.1, 0.15) is 0 Å². The molecule has 3 heterocycles. The molecule has 100 valence electrons. The molecule has 0 aromatic carbocycles. The Labute approximate surface area is 114 Å². The van der Waals surface area contributed by atoms with Crippen LogP contribution in [0.4, 0.5) is 0 Å². The second-order valence-electron chi connectivity index (χ2n) is 4.46. The van der Waals surface area contributed by atoms with Gasteiger partial charge in [-0.1, -0.05) is 0 Å². The van der Waals surface area contributed by atoms with E-state index < -0.39 is 5.97 Å². The van der Waals surface area contributed by atoms with Gasteiger partial charge in [0.15, 0.2) is 5.65 Å². The van der Waals surface area contributed by atoms with Crippen LogP contribution in [0.1, 0.15) is 21.6 Å². The monoisotopic (exact) mass is 268 g/mol. The molecule has 0 saturated carbocycles. The van der Waals surface area contributed by atoms with Crippen LogP contribution in [-0.4, -0.2) is 30.8 Å². The van der Waals surface area contributed by atoms with Gasteiger partial charge in [-0.05, 0) is 23.8 Å². The van der Waals surface area contributed by atoms with E-state index in [4.69, 9.17) is 0 Å². The molecule has 0 atom stereocenters. The molecule has 3 aromatic rings. The van der Waals surface area contributed by atoms with Crippen LogP contribution in [0, 0.1) is 0 Å². The number of aromatic nitrogens is 4. The maximum absolute atomic E-state index is 11.2. The van der Waals surface area contributed by atoms with Crippen molar-refractivity contribution >= 4 is 17.0 Å². The number of aryl methyl sites for hydroxylation is 1. The largest absolute Gasteiger partial charge is 0.478 e. The Bertz CT molecular complexity index is 795. The van der Waals surface area contributed by atoms with Crippen molar-refractivity contribution in [2.45, 2.75) is 6.42 Å². The van der Waals surface area contributed by atoms with E-state index in [1.165, 1.54) is 12.3 Å². The molecular formula is C14H12N4O2. The number of carboxylic acid groups (broad SMARTS) is 1. The zero-order valence-corrected chi connectivity index (χ0v) is 10.8. The normalized spacial score (nSPS) is 10.8. The van der Waals surface area contributed by atoms with Crippen LogP contribution < -0.4 is 0 Å². The minimum atomic E-state index is -0.958. The first-order valence-corrected chi connectivity index (χ1v) is 6.09. The molecule has 3 rings (SSSR count). The van der Waals surface area contributed by atoms with E-state index in [9.17, 15) is 9.90 Å². The van der Waals surface area contributed by atoms with E-state index >= 15 is 0 Å². The molecule has 6 nitrogen and oxygen atoms in total. The van der Waals surface area contributed by atoms with Crippen LogP contribution in [0.5, 0.6) is 0 Å². The smallest absolute Gasteiger partial charge is 0.336 e. The third kappa shape index (κ3) is 2.01. The molecule has 0 aliphatic carbocycles. The molecule has 0 fully saturated rings. The maximum atomic E-state index is 11.2. The predicted molar refractivity (Wildman–Crippen MR) is 72.5 cm³/mol. The average molecular weight is 268 g/mol. The number of hydrogen-bond donors (Lipinski definition) is 1. The van der Waals surface area contributed by atoms with Crippen molar-refractivity contribution in [2.75, 3.05) is 0 Å². The quantitative estimate of drug-likeness (QED) is 0.781. The summed E-state index contributed by atoms with van der Waals surface area (Å²) in [4.78, 5) is 19.5. The maximum Gasteiger partial charge on any atom is 0.336 e. The number of carboxylic acids is 1. The number of fused-ring (bicyclic) bond motifs is 1. The summed E-state index contributed by atoms with van der Waals surface area (Å²) in [5, 5.41) is 14.5. The summed E-state index contributed by atoms with van der Waals surface area (Å²) in [6.45, 7) is 0. The van der Waals surface area contributed by atoms with Gasteiger partial charge in [0, 0.05) is 37.4 Å². The lowest BCUT2D eigenvalue weighted by atomic mass is 10.0. The van der Waals surface area contributed by atoms with Crippen LogP contribution in [0.3, 0.4) is 0 Å². The Hall–Kier alpha value is -2.76. The van der Waals surface area contributed by atoms with Gasteiger partial charge in [-0.25, -0.2) is 9.78 Å². The van der Waals surface area contributed by atoms with Crippen LogP contribution in [0.15, 0.2) is 36.8 Å². The van der Waals surface area contributed by atoms with Gasteiger partial charge in [-0.2, -0.15) is 5.10 Å². The Morgan fingerprint density at radius 1 is 1.35 bits per heavy atom. The minimum Gasteiger partial charge on any atom is -0.478 e. The molecule has 0 unspecified atom stereocenters. The highest BCUT2D eigenvalue weighted by atomic mass is 16.4. The van der Waals surface area contributed by atoms with Gasteiger partial charge in [0.25, 0.3) is 0 Å². The molecule has 3 aromatic heterocycles. The third-order valence-electron chi connectivity index (χ3n) is 3.17. The summed E-state index contributed by atoms with van der Waals surface area (Å²) < 4.78 is 1.70. The molecule has 6 heteroatoms. The van der Waals surface area contributed by atoms with Gasteiger partial charge in [-0.3, -0.25) is 9.67 Å². The fourth-order valence-corrected chi connectivity index (χ4v) is 2.25. The summed E-state index contributed by atoms with van der Waals surface area (Å²) in [5.74, 6) is -0.958. The average Bonchev–Trinajstić information content (AvgIpc) is 2.76. The van der Waals surface area contributed by atoms with Gasteiger partial charge in [0.2, 0.25) is 0 Å². The zero-order chi connectivity index (χ0) is 14.1. The van der Waals surface area contributed by atoms with Crippen molar-refractivity contribution < 1.29 is 9.90 Å². The Balaban J connectivity index is 2.08. The Morgan fingerprint density at radius 3 is 3.00 bits per heavy atom. The fraction of sp³-hybridized carbons (Fsp3) is 0.143. The second-order valence-corrected chi connectivity index (χ2v) is 4.46. The van der Waals surface area contributed by atoms with Crippen molar-refractivity contribution in [1.82, 2.24) is 19.7 Å². The number of pyridine rings is 2. The van der Waals surface area contributed by atoms with Gasteiger partial charge >= 0.3 is 5.97 Å². The standard InChI is InChI=1S/C14H12N4O2/c1-18-13-11(3-2-5-16-13)12(17-18)7-9-8-15-6-4-10(9)14(19)20/h2-6,8H,7H2,1H3,(H,19,20). The lowest BCUT2D eigenvalue weighted by Gasteiger charge is -2.03. The number of hydrogen-bond acceptors (Lipinski definition) is 4. The highest BCUT2D eigenvalue weighted by Gasteiger charge is 2.14. The third-order valence-corrected chi connectivity index (χ3v) is 3.17. The van der Waals surface area contributed by atoms with Crippen molar-refractivity contribution in [3.63, 3.8) is 0 Å². The molecule has 0 radical (unpaired) electrons. The summed E-state index contributed by atoms with van der Waals surface area (Å²) in [6, 6.07) is 5.28.